The number of rotatable bonds is 4. The van der Waals surface area contributed by atoms with E-state index >= 15 is 0 Å². The summed E-state index contributed by atoms with van der Waals surface area (Å²) in [7, 11) is -3.08. The highest BCUT2D eigenvalue weighted by Crippen LogP contribution is 2.30. The van der Waals surface area contributed by atoms with Crippen LogP contribution in [-0.2, 0) is 10.0 Å². The van der Waals surface area contributed by atoms with Crippen LogP contribution in [0.5, 0.6) is 0 Å². The van der Waals surface area contributed by atoms with E-state index in [2.05, 4.69) is 15.3 Å². The second-order valence-corrected chi connectivity index (χ2v) is 8.24. The predicted molar refractivity (Wildman–Crippen MR) is 94.9 cm³/mol. The number of piperidine rings is 1. The number of aromatic nitrogens is 2. The molecule has 24 heavy (non-hydrogen) atoms. The predicted octanol–water partition coefficient (Wildman–Crippen LogP) is 2.67. The van der Waals surface area contributed by atoms with E-state index in [1.807, 2.05) is 31.2 Å². The van der Waals surface area contributed by atoms with E-state index in [1.54, 1.807) is 16.7 Å². The SMILES string of the molecule is Cc1ccnc(Nc2cc(C3CCN(S(C)(=O)=O)CC3)ccn2)c1. The second kappa shape index (κ2) is 6.86. The highest BCUT2D eigenvalue weighted by Gasteiger charge is 2.25. The first kappa shape index (κ1) is 16.9. The van der Waals surface area contributed by atoms with E-state index in [0.29, 0.717) is 19.0 Å². The van der Waals surface area contributed by atoms with E-state index in [4.69, 9.17) is 0 Å². The summed E-state index contributed by atoms with van der Waals surface area (Å²) >= 11 is 0. The molecule has 3 rings (SSSR count). The molecule has 2 aromatic rings. The summed E-state index contributed by atoms with van der Waals surface area (Å²) in [5, 5.41) is 3.23. The maximum absolute atomic E-state index is 11.6. The van der Waals surface area contributed by atoms with Gasteiger partial charge in [-0.2, -0.15) is 0 Å². The third-order valence-corrected chi connectivity index (χ3v) is 5.65. The van der Waals surface area contributed by atoms with Gasteiger partial charge in [0.05, 0.1) is 6.26 Å². The minimum absolute atomic E-state index is 0.358. The van der Waals surface area contributed by atoms with Gasteiger partial charge >= 0.3 is 0 Å². The monoisotopic (exact) mass is 346 g/mol. The Morgan fingerprint density at radius 3 is 2.33 bits per heavy atom. The molecule has 0 atom stereocenters. The molecule has 0 aliphatic carbocycles. The molecule has 3 heterocycles. The van der Waals surface area contributed by atoms with Crippen LogP contribution in [0.25, 0.3) is 0 Å². The van der Waals surface area contributed by atoms with Crippen LogP contribution in [0.4, 0.5) is 11.6 Å². The number of hydrogen-bond acceptors (Lipinski definition) is 5. The van der Waals surface area contributed by atoms with Gasteiger partial charge in [-0.3, -0.25) is 0 Å². The minimum Gasteiger partial charge on any atom is -0.325 e. The fourth-order valence-corrected chi connectivity index (χ4v) is 3.90. The molecule has 128 valence electrons. The van der Waals surface area contributed by atoms with E-state index in [1.165, 1.54) is 11.8 Å². The van der Waals surface area contributed by atoms with Gasteiger partial charge in [-0.15, -0.1) is 0 Å². The number of nitrogens with one attached hydrogen (secondary N) is 1. The lowest BCUT2D eigenvalue weighted by atomic mass is 9.91. The number of sulfonamides is 1. The number of aryl methyl sites for hydroxylation is 1. The third-order valence-electron chi connectivity index (χ3n) is 4.35. The van der Waals surface area contributed by atoms with Gasteiger partial charge in [0.15, 0.2) is 0 Å². The molecule has 1 aliphatic heterocycles. The number of hydrogen-bond donors (Lipinski definition) is 1. The van der Waals surface area contributed by atoms with Gasteiger partial charge in [0.2, 0.25) is 10.0 Å². The van der Waals surface area contributed by atoms with Crippen LogP contribution in [0.15, 0.2) is 36.7 Å². The summed E-state index contributed by atoms with van der Waals surface area (Å²) in [5.74, 6) is 1.89. The molecule has 2 aromatic heterocycles. The molecule has 0 amide bonds. The molecular weight excluding hydrogens is 324 g/mol. The summed E-state index contributed by atoms with van der Waals surface area (Å²) in [5.41, 5.74) is 2.32. The Morgan fingerprint density at radius 1 is 1.08 bits per heavy atom. The maximum atomic E-state index is 11.6. The molecule has 7 heteroatoms. The van der Waals surface area contributed by atoms with Gasteiger partial charge in [-0.25, -0.2) is 22.7 Å². The van der Waals surface area contributed by atoms with Gasteiger partial charge in [-0.1, -0.05) is 0 Å². The highest BCUT2D eigenvalue weighted by molar-refractivity contribution is 7.88. The Bertz CT molecular complexity index is 815. The zero-order valence-corrected chi connectivity index (χ0v) is 14.8. The van der Waals surface area contributed by atoms with Crippen LogP contribution >= 0.6 is 0 Å². The van der Waals surface area contributed by atoms with Gasteiger partial charge in [0, 0.05) is 25.5 Å². The fourth-order valence-electron chi connectivity index (χ4n) is 3.03. The minimum atomic E-state index is -3.08. The van der Waals surface area contributed by atoms with Crippen LogP contribution in [0.3, 0.4) is 0 Å². The van der Waals surface area contributed by atoms with Gasteiger partial charge < -0.3 is 5.32 Å². The molecule has 0 bridgehead atoms. The summed E-state index contributed by atoms with van der Waals surface area (Å²) in [6.07, 6.45) is 6.49. The Hall–Kier alpha value is -1.99. The smallest absolute Gasteiger partial charge is 0.211 e. The quantitative estimate of drug-likeness (QED) is 0.921. The normalized spacial score (nSPS) is 16.9. The first-order valence-electron chi connectivity index (χ1n) is 8.02. The van der Waals surface area contributed by atoms with Crippen molar-refractivity contribution in [3.05, 3.63) is 47.8 Å². The zero-order chi connectivity index (χ0) is 17.2. The highest BCUT2D eigenvalue weighted by atomic mass is 32.2. The van der Waals surface area contributed by atoms with Crippen LogP contribution in [-0.4, -0.2) is 42.0 Å². The number of anilines is 2. The summed E-state index contributed by atoms with van der Waals surface area (Å²) in [6, 6.07) is 7.96. The Morgan fingerprint density at radius 2 is 1.71 bits per heavy atom. The lowest BCUT2D eigenvalue weighted by Crippen LogP contribution is -2.37. The number of pyridine rings is 2. The van der Waals surface area contributed by atoms with Crippen LogP contribution in [0, 0.1) is 6.92 Å². The van der Waals surface area contributed by atoms with E-state index in [-0.39, 0.29) is 0 Å². The molecule has 0 aromatic carbocycles. The van der Waals surface area contributed by atoms with Crippen molar-refractivity contribution < 1.29 is 8.42 Å². The molecule has 1 fully saturated rings. The molecule has 0 unspecified atom stereocenters. The van der Waals surface area contributed by atoms with E-state index < -0.39 is 10.0 Å². The first-order valence-corrected chi connectivity index (χ1v) is 9.87. The third kappa shape index (κ3) is 4.10. The Kier molecular flexibility index (Phi) is 4.82. The van der Waals surface area contributed by atoms with Gasteiger partial charge in [0.25, 0.3) is 0 Å². The number of nitrogens with zero attached hydrogens (tertiary/aromatic N) is 3. The molecule has 0 radical (unpaired) electrons. The van der Waals surface area contributed by atoms with Crippen molar-refractivity contribution in [2.24, 2.45) is 0 Å². The summed E-state index contributed by atoms with van der Waals surface area (Å²) < 4.78 is 24.8. The van der Waals surface area contributed by atoms with Crippen LogP contribution in [0.2, 0.25) is 0 Å². The van der Waals surface area contributed by atoms with E-state index in [9.17, 15) is 8.42 Å². The average Bonchev–Trinajstić information content (AvgIpc) is 2.54. The summed E-state index contributed by atoms with van der Waals surface area (Å²) in [4.78, 5) is 8.65. The molecule has 1 saturated heterocycles. The topological polar surface area (TPSA) is 75.2 Å². The lowest BCUT2D eigenvalue weighted by molar-refractivity contribution is 0.321. The standard InChI is InChI=1S/C17H22N4O2S/c1-13-3-7-18-16(11-13)20-17-12-15(4-8-19-17)14-5-9-21(10-6-14)24(2,22)23/h3-4,7-8,11-12,14H,5-6,9-10H2,1-2H3,(H,18,19,20). The van der Waals surface area contributed by atoms with Crippen LogP contribution in [0.1, 0.15) is 29.9 Å². The maximum Gasteiger partial charge on any atom is 0.211 e. The van der Waals surface area contributed by atoms with Crippen molar-refractivity contribution in [2.75, 3.05) is 24.7 Å². The molecule has 0 saturated carbocycles. The van der Waals surface area contributed by atoms with Crippen molar-refractivity contribution in [3.8, 4) is 0 Å². The zero-order valence-electron chi connectivity index (χ0n) is 13.9. The summed E-state index contributed by atoms with van der Waals surface area (Å²) in [6.45, 7) is 3.17. The van der Waals surface area contributed by atoms with Gasteiger partial charge in [0.1, 0.15) is 11.6 Å². The largest absolute Gasteiger partial charge is 0.325 e. The second-order valence-electron chi connectivity index (χ2n) is 6.25. The van der Waals surface area contributed by atoms with Crippen LogP contribution < -0.4 is 5.32 Å². The lowest BCUT2D eigenvalue weighted by Gasteiger charge is -2.30. The average molecular weight is 346 g/mol. The van der Waals surface area contributed by atoms with Crippen molar-refractivity contribution in [1.29, 1.82) is 0 Å². The van der Waals surface area contributed by atoms with Gasteiger partial charge in [-0.05, 0) is 61.1 Å². The first-order chi connectivity index (χ1) is 11.4. The molecule has 6 nitrogen and oxygen atoms in total. The molecule has 0 spiro atoms. The van der Waals surface area contributed by atoms with Crippen molar-refractivity contribution in [2.45, 2.75) is 25.7 Å². The van der Waals surface area contributed by atoms with Crippen molar-refractivity contribution >= 4 is 21.7 Å². The van der Waals surface area contributed by atoms with Crippen molar-refractivity contribution in [1.82, 2.24) is 14.3 Å². The molecular formula is C17H22N4O2S. The Balaban J connectivity index is 1.70. The van der Waals surface area contributed by atoms with E-state index in [0.717, 1.165) is 30.0 Å². The van der Waals surface area contributed by atoms with Crippen molar-refractivity contribution in [3.63, 3.8) is 0 Å². The Labute approximate surface area is 143 Å². The molecule has 1 aliphatic rings. The fraction of sp³-hybridized carbons (Fsp3) is 0.412. The molecule has 1 N–H and O–H groups in total.